The highest BCUT2D eigenvalue weighted by Crippen LogP contribution is 2.38. The van der Waals surface area contributed by atoms with Crippen LogP contribution in [-0.4, -0.2) is 50.4 Å². The number of nitrogens with one attached hydrogen (secondary N) is 3. The van der Waals surface area contributed by atoms with Gasteiger partial charge in [-0.25, -0.2) is 9.97 Å². The lowest BCUT2D eigenvalue weighted by Crippen LogP contribution is -2.25. The van der Waals surface area contributed by atoms with Crippen molar-refractivity contribution in [3.8, 4) is 33.6 Å². The average Bonchev–Trinajstić information content (AvgIpc) is 3.72. The smallest absolute Gasteiger partial charge is 0.207 e. The van der Waals surface area contributed by atoms with E-state index in [2.05, 4.69) is 82.5 Å². The van der Waals surface area contributed by atoms with E-state index in [4.69, 9.17) is 4.98 Å². The van der Waals surface area contributed by atoms with Crippen LogP contribution in [0, 0.1) is 0 Å². The first-order valence-electron chi connectivity index (χ1n) is 14.7. The summed E-state index contributed by atoms with van der Waals surface area (Å²) in [6.45, 7) is 6.51. The Morgan fingerprint density at radius 2 is 1.60 bits per heavy atom. The van der Waals surface area contributed by atoms with E-state index in [0.717, 1.165) is 61.6 Å². The number of imidazole rings is 2. The first-order valence-corrected chi connectivity index (χ1v) is 14.7. The first kappa shape index (κ1) is 26.5. The van der Waals surface area contributed by atoms with E-state index in [-0.39, 0.29) is 6.04 Å². The van der Waals surface area contributed by atoms with Gasteiger partial charge in [0.05, 0.1) is 29.8 Å². The van der Waals surface area contributed by atoms with Crippen LogP contribution in [0.2, 0.25) is 0 Å². The van der Waals surface area contributed by atoms with Crippen LogP contribution in [0.3, 0.4) is 0 Å². The molecule has 1 aliphatic carbocycles. The summed E-state index contributed by atoms with van der Waals surface area (Å²) in [5, 5.41) is 2.83. The second kappa shape index (κ2) is 11.0. The van der Waals surface area contributed by atoms with E-state index in [9.17, 15) is 4.79 Å². The molecule has 0 spiro atoms. The van der Waals surface area contributed by atoms with Gasteiger partial charge < -0.3 is 15.3 Å². The summed E-state index contributed by atoms with van der Waals surface area (Å²) in [4.78, 5) is 29.7. The molecule has 1 amide bonds. The Morgan fingerprint density at radius 3 is 2.23 bits per heavy atom. The number of hydrogen-bond acceptors (Lipinski definition) is 4. The average molecular weight is 537 g/mol. The number of fused-ring (bicyclic) bond motifs is 3. The van der Waals surface area contributed by atoms with Crippen molar-refractivity contribution >= 4 is 6.41 Å². The van der Waals surface area contributed by atoms with Gasteiger partial charge in [-0.3, -0.25) is 9.69 Å². The minimum absolute atomic E-state index is 0.175. The minimum atomic E-state index is 0.175. The molecule has 3 N–H and O–H groups in total. The maximum absolute atomic E-state index is 10.7. The van der Waals surface area contributed by atoms with Crippen LogP contribution in [-0.2, 0) is 17.6 Å². The van der Waals surface area contributed by atoms with E-state index < -0.39 is 0 Å². The highest BCUT2D eigenvalue weighted by atomic mass is 16.1. The van der Waals surface area contributed by atoms with E-state index in [1.54, 1.807) is 0 Å². The summed E-state index contributed by atoms with van der Waals surface area (Å²) >= 11 is 0. The van der Waals surface area contributed by atoms with Gasteiger partial charge in [-0.1, -0.05) is 31.2 Å². The molecular formula is C33H40N6O. The van der Waals surface area contributed by atoms with Gasteiger partial charge in [-0.15, -0.1) is 0 Å². The molecule has 0 bridgehead atoms. The summed E-state index contributed by atoms with van der Waals surface area (Å²) in [6.07, 6.45) is 11.1. The molecule has 40 heavy (non-hydrogen) atoms. The van der Waals surface area contributed by atoms with Crippen molar-refractivity contribution in [2.45, 2.75) is 83.3 Å². The second-order valence-corrected chi connectivity index (χ2v) is 11.9. The SMILES string of the molecule is C[C@@H](CC[C@H](C)c1ncc(-c2ccc3c(c2)CCc2cc(-c4cnc([C@@H]5CC[C@H](C)N5C)[nH]4)ccc2-3)[nH]1)NC=O. The predicted octanol–water partition coefficient (Wildman–Crippen LogP) is 6.41. The number of likely N-dealkylation sites (tertiary alicyclic amines) is 1. The van der Waals surface area contributed by atoms with Crippen LogP contribution in [0.15, 0.2) is 48.8 Å². The Bertz CT molecular complexity index is 1500. The highest BCUT2D eigenvalue weighted by Gasteiger charge is 2.30. The van der Waals surface area contributed by atoms with Crippen LogP contribution in [0.4, 0.5) is 0 Å². The normalized spacial score (nSPS) is 20.1. The topological polar surface area (TPSA) is 89.7 Å². The van der Waals surface area contributed by atoms with Crippen LogP contribution in [0.25, 0.3) is 33.6 Å². The van der Waals surface area contributed by atoms with Gasteiger partial charge in [0, 0.05) is 18.0 Å². The lowest BCUT2D eigenvalue weighted by atomic mass is 9.83. The molecule has 2 aromatic carbocycles. The van der Waals surface area contributed by atoms with Gasteiger partial charge in [0.2, 0.25) is 6.41 Å². The molecule has 4 aromatic rings. The van der Waals surface area contributed by atoms with Gasteiger partial charge in [0.15, 0.2) is 0 Å². The van der Waals surface area contributed by atoms with Crippen LogP contribution in [0.5, 0.6) is 0 Å². The molecule has 0 unspecified atom stereocenters. The second-order valence-electron chi connectivity index (χ2n) is 11.9. The van der Waals surface area contributed by atoms with E-state index >= 15 is 0 Å². The molecule has 4 atom stereocenters. The van der Waals surface area contributed by atoms with Crippen molar-refractivity contribution in [2.24, 2.45) is 0 Å². The number of aryl methyl sites for hydroxylation is 2. The number of hydrogen-bond donors (Lipinski definition) is 3. The fourth-order valence-electron chi connectivity index (χ4n) is 6.40. The molecule has 0 radical (unpaired) electrons. The van der Waals surface area contributed by atoms with Crippen LogP contribution >= 0.6 is 0 Å². The molecule has 3 heterocycles. The van der Waals surface area contributed by atoms with E-state index in [1.807, 2.05) is 19.3 Å². The van der Waals surface area contributed by atoms with Crippen molar-refractivity contribution in [3.05, 3.63) is 71.6 Å². The number of rotatable bonds is 9. The Balaban J connectivity index is 1.18. The van der Waals surface area contributed by atoms with Crippen molar-refractivity contribution < 1.29 is 4.79 Å². The van der Waals surface area contributed by atoms with Crippen molar-refractivity contribution in [2.75, 3.05) is 7.05 Å². The quantitative estimate of drug-likeness (QED) is 0.216. The molecule has 0 saturated carbocycles. The zero-order chi connectivity index (χ0) is 27.8. The van der Waals surface area contributed by atoms with Gasteiger partial charge in [0.1, 0.15) is 11.6 Å². The fraction of sp³-hybridized carbons (Fsp3) is 0.424. The monoisotopic (exact) mass is 536 g/mol. The fourth-order valence-corrected chi connectivity index (χ4v) is 6.40. The Morgan fingerprint density at radius 1 is 0.950 bits per heavy atom. The zero-order valence-electron chi connectivity index (χ0n) is 24.0. The van der Waals surface area contributed by atoms with Gasteiger partial charge in [-0.2, -0.15) is 0 Å². The maximum atomic E-state index is 10.7. The molecule has 1 saturated heterocycles. The number of aromatic amines is 2. The lowest BCUT2D eigenvalue weighted by molar-refractivity contribution is -0.110. The highest BCUT2D eigenvalue weighted by molar-refractivity contribution is 5.79. The van der Waals surface area contributed by atoms with Crippen LogP contribution in [0.1, 0.15) is 81.2 Å². The number of benzene rings is 2. The number of H-pyrrole nitrogens is 2. The third-order valence-electron chi connectivity index (χ3n) is 9.19. The standard InChI is InChI=1S/C33H40N6O/c1-20(5-6-21(2)36-19-40)32-34-17-29(37-32)25-10-12-27-23(15-25)8-9-24-16-26(11-13-28(24)27)30-18-35-33(38-30)31-14-7-22(3)39(31)4/h10-13,15-22,31H,5-9,14H2,1-4H3,(H,34,37)(H,35,38)(H,36,40)/t20-,21-,22-,31-/m0/s1. The van der Waals surface area contributed by atoms with Crippen LogP contribution < -0.4 is 5.32 Å². The van der Waals surface area contributed by atoms with Crippen molar-refractivity contribution in [1.29, 1.82) is 0 Å². The molecule has 6 rings (SSSR count). The van der Waals surface area contributed by atoms with Crippen molar-refractivity contribution in [1.82, 2.24) is 30.2 Å². The molecule has 208 valence electrons. The van der Waals surface area contributed by atoms with E-state index in [0.29, 0.717) is 18.0 Å². The Labute approximate surface area is 236 Å². The number of carbonyl (C=O) groups excluding carboxylic acids is 1. The number of amides is 1. The Kier molecular flexibility index (Phi) is 7.32. The maximum Gasteiger partial charge on any atom is 0.207 e. The molecule has 7 heteroatoms. The molecule has 2 aromatic heterocycles. The minimum Gasteiger partial charge on any atom is -0.356 e. The summed E-state index contributed by atoms with van der Waals surface area (Å²) in [6, 6.07) is 14.8. The molecular weight excluding hydrogens is 496 g/mol. The van der Waals surface area contributed by atoms with Gasteiger partial charge in [-0.05, 0) is 105 Å². The first-order chi connectivity index (χ1) is 19.4. The van der Waals surface area contributed by atoms with Gasteiger partial charge in [0.25, 0.3) is 0 Å². The third-order valence-corrected chi connectivity index (χ3v) is 9.19. The summed E-state index contributed by atoms with van der Waals surface area (Å²) in [5.41, 5.74) is 9.99. The third kappa shape index (κ3) is 5.10. The van der Waals surface area contributed by atoms with Gasteiger partial charge >= 0.3 is 0 Å². The number of carbonyl (C=O) groups is 1. The zero-order valence-corrected chi connectivity index (χ0v) is 24.0. The molecule has 1 aliphatic heterocycles. The lowest BCUT2D eigenvalue weighted by Gasteiger charge is -2.22. The summed E-state index contributed by atoms with van der Waals surface area (Å²) in [7, 11) is 2.20. The molecule has 2 aliphatic rings. The largest absolute Gasteiger partial charge is 0.356 e. The number of aromatic nitrogens is 4. The number of nitrogens with zero attached hydrogens (tertiary/aromatic N) is 3. The molecule has 7 nitrogen and oxygen atoms in total. The summed E-state index contributed by atoms with van der Waals surface area (Å²) < 4.78 is 0. The van der Waals surface area contributed by atoms with E-state index in [1.165, 1.54) is 39.8 Å². The molecule has 1 fully saturated rings. The predicted molar refractivity (Wildman–Crippen MR) is 160 cm³/mol. The Hall–Kier alpha value is -3.71. The summed E-state index contributed by atoms with van der Waals surface area (Å²) in [5.74, 6) is 2.38. The van der Waals surface area contributed by atoms with Crippen molar-refractivity contribution in [3.63, 3.8) is 0 Å².